The lowest BCUT2D eigenvalue weighted by atomic mass is 9.83. The van der Waals surface area contributed by atoms with Crippen molar-refractivity contribution in [3.05, 3.63) is 168 Å². The van der Waals surface area contributed by atoms with Crippen molar-refractivity contribution >= 4 is 27.5 Å². The summed E-state index contributed by atoms with van der Waals surface area (Å²) in [5.74, 6) is 0. The lowest BCUT2D eigenvalue weighted by Gasteiger charge is -2.22. The van der Waals surface area contributed by atoms with Crippen LogP contribution in [-0.2, 0) is 10.8 Å². The molecule has 0 spiro atoms. The first kappa shape index (κ1) is 37.6. The number of fused-ring (bicyclic) bond motifs is 11. The Hall–Kier alpha value is -7.67. The van der Waals surface area contributed by atoms with Gasteiger partial charge in [-0.25, -0.2) is 14.8 Å². The molecule has 5 aromatic carbocycles. The van der Waals surface area contributed by atoms with Crippen molar-refractivity contribution in [2.45, 2.75) is 52.4 Å². The van der Waals surface area contributed by atoms with Gasteiger partial charge in [0.1, 0.15) is 11.8 Å². The molecule has 0 saturated carbocycles. The zero-order chi connectivity index (χ0) is 42.2. The predicted molar refractivity (Wildman–Crippen MR) is 249 cm³/mol. The Morgan fingerprint density at radius 1 is 0.492 bits per heavy atom. The second kappa shape index (κ2) is 14.0. The van der Waals surface area contributed by atoms with E-state index in [0.29, 0.717) is 34.0 Å². The van der Waals surface area contributed by atoms with Crippen molar-refractivity contribution in [2.24, 2.45) is 0 Å². The molecular weight excluding hydrogens is 745 g/mol. The molecule has 4 aromatic heterocycles. The quantitative estimate of drug-likeness (QED) is 0.181. The fourth-order valence-corrected chi connectivity index (χ4v) is 8.58. The maximum atomic E-state index is 11.1. The molecule has 9 aromatic rings. The smallest absolute Gasteiger partial charge is 0.222 e. The molecule has 0 saturated heterocycles. The van der Waals surface area contributed by atoms with E-state index in [4.69, 9.17) is 21.5 Å². The number of benzene rings is 5. The van der Waals surface area contributed by atoms with Crippen LogP contribution in [0.2, 0.25) is 0 Å². The van der Waals surface area contributed by atoms with Crippen molar-refractivity contribution in [2.75, 3.05) is 0 Å². The maximum Gasteiger partial charge on any atom is 0.222 e. The Morgan fingerprint density at radius 2 is 0.951 bits per heavy atom. The van der Waals surface area contributed by atoms with Gasteiger partial charge >= 0.3 is 0 Å². The molecule has 10 rings (SSSR count). The monoisotopic (exact) mass is 786 g/mol. The summed E-state index contributed by atoms with van der Waals surface area (Å²) >= 11 is 0. The van der Waals surface area contributed by atoms with Crippen molar-refractivity contribution in [3.63, 3.8) is 0 Å². The third kappa shape index (κ3) is 6.36. The average Bonchev–Trinajstić information content (AvgIpc) is 3.66. The molecule has 0 atom stereocenters. The van der Waals surface area contributed by atoms with Gasteiger partial charge in [-0.1, -0.05) is 133 Å². The standard InChI is InChI=1S/C55H42N6/c1-54(2,3)36-25-40-41-26-37(55(4,5)6)28-43-46-30-39(34-21-15-10-16-22-34)52(57-7)53(60-46)48-24-35(32-17-11-8-12-18-32)23-47(58-48)51-44(31-56)38(33-19-13-9-14-20-33)29-45(59-51)42(27-36)49(40)61-50(41)43/h8-30,61H,1-6H3. The van der Waals surface area contributed by atoms with E-state index in [2.05, 4.69) is 106 Å². The molecular formula is C55H42N6. The van der Waals surface area contributed by atoms with Crippen LogP contribution in [0.4, 0.5) is 5.69 Å². The second-order valence-corrected chi connectivity index (χ2v) is 18.0. The Bertz CT molecular complexity index is 3120. The number of nitriles is 1. The number of nitrogens with zero attached hydrogens (tertiary/aromatic N) is 5. The van der Waals surface area contributed by atoms with Crippen molar-refractivity contribution < 1.29 is 0 Å². The van der Waals surface area contributed by atoms with Crippen LogP contribution in [0.1, 0.15) is 58.2 Å². The first-order valence-electron chi connectivity index (χ1n) is 20.6. The molecule has 0 amide bonds. The van der Waals surface area contributed by atoms with Gasteiger partial charge in [0.25, 0.3) is 0 Å². The second-order valence-electron chi connectivity index (χ2n) is 18.0. The zero-order valence-corrected chi connectivity index (χ0v) is 35.0. The minimum absolute atomic E-state index is 0.198. The van der Waals surface area contributed by atoms with Gasteiger partial charge in [-0.3, -0.25) is 4.98 Å². The molecule has 6 nitrogen and oxygen atoms in total. The third-order valence-electron chi connectivity index (χ3n) is 11.9. The van der Waals surface area contributed by atoms with E-state index in [9.17, 15) is 5.26 Å². The van der Waals surface area contributed by atoms with E-state index in [-0.39, 0.29) is 10.8 Å². The van der Waals surface area contributed by atoms with Crippen molar-refractivity contribution in [3.8, 4) is 84.7 Å². The van der Waals surface area contributed by atoms with E-state index in [0.717, 1.165) is 83.3 Å². The van der Waals surface area contributed by atoms with E-state index in [1.54, 1.807) is 0 Å². The number of hydrogen-bond acceptors (Lipinski definition) is 4. The van der Waals surface area contributed by atoms with Crippen LogP contribution in [0.25, 0.3) is 105 Å². The lowest BCUT2D eigenvalue weighted by molar-refractivity contribution is 0.590. The predicted octanol–water partition coefficient (Wildman–Crippen LogP) is 14.5. The molecule has 0 unspecified atom stereocenters. The summed E-state index contributed by atoms with van der Waals surface area (Å²) in [6.45, 7) is 22.2. The fraction of sp³-hybridized carbons (Fsp3) is 0.145. The van der Waals surface area contributed by atoms with Crippen LogP contribution in [0.15, 0.2) is 140 Å². The van der Waals surface area contributed by atoms with E-state index >= 15 is 0 Å². The first-order chi connectivity index (χ1) is 29.4. The summed E-state index contributed by atoms with van der Waals surface area (Å²) in [6, 6.07) is 50.1. The molecule has 1 aliphatic heterocycles. The van der Waals surface area contributed by atoms with Crippen molar-refractivity contribution in [1.29, 1.82) is 5.26 Å². The van der Waals surface area contributed by atoms with E-state index in [1.807, 2.05) is 91.0 Å². The molecule has 8 bridgehead atoms. The summed E-state index contributed by atoms with van der Waals surface area (Å²) in [6.07, 6.45) is 0. The SMILES string of the molecule is [C-]#[N+]c1c(-c2ccccc2)cc2nc1-c1cc(-c3ccccc3)cc(n1)-c1nc(cc(-c3ccccc3)c1C#N)-c1cc(C(C)(C)C)cc3c1[nH]c1c-2cc(C(C)(C)C)cc13. The van der Waals surface area contributed by atoms with Crippen molar-refractivity contribution in [1.82, 2.24) is 19.9 Å². The molecule has 292 valence electrons. The number of H-pyrrole nitrogens is 1. The van der Waals surface area contributed by atoms with Gasteiger partial charge in [-0.15, -0.1) is 0 Å². The van der Waals surface area contributed by atoms with E-state index in [1.165, 1.54) is 5.56 Å². The van der Waals surface area contributed by atoms with Crippen LogP contribution in [0.5, 0.6) is 0 Å². The Balaban J connectivity index is 1.47. The Kier molecular flexibility index (Phi) is 8.61. The summed E-state index contributed by atoms with van der Waals surface area (Å²) in [7, 11) is 0. The molecule has 6 heteroatoms. The number of pyridine rings is 3. The fourth-order valence-electron chi connectivity index (χ4n) is 8.58. The highest BCUT2D eigenvalue weighted by molar-refractivity contribution is 6.16. The largest absolute Gasteiger partial charge is 0.353 e. The summed E-state index contributed by atoms with van der Waals surface area (Å²) in [4.78, 5) is 24.5. The van der Waals surface area contributed by atoms with Gasteiger partial charge < -0.3 is 4.98 Å². The number of hydrogen-bond donors (Lipinski definition) is 1. The minimum atomic E-state index is -0.200. The van der Waals surface area contributed by atoms with Crippen LogP contribution < -0.4 is 0 Å². The normalized spacial score (nSPS) is 12.1. The number of rotatable bonds is 3. The van der Waals surface area contributed by atoms with Gasteiger partial charge in [0, 0.05) is 27.5 Å². The highest BCUT2D eigenvalue weighted by Gasteiger charge is 2.28. The molecule has 61 heavy (non-hydrogen) atoms. The van der Waals surface area contributed by atoms with Gasteiger partial charge in [0.15, 0.2) is 0 Å². The zero-order valence-electron chi connectivity index (χ0n) is 35.0. The average molecular weight is 787 g/mol. The minimum Gasteiger partial charge on any atom is -0.353 e. The van der Waals surface area contributed by atoms with Crippen LogP contribution in [-0.4, -0.2) is 19.9 Å². The molecule has 1 N–H and O–H groups in total. The highest BCUT2D eigenvalue weighted by atomic mass is 14.9. The molecule has 0 aliphatic carbocycles. The Morgan fingerprint density at radius 3 is 1.44 bits per heavy atom. The van der Waals surface area contributed by atoms with Gasteiger partial charge in [-0.2, -0.15) is 5.26 Å². The first-order valence-corrected chi connectivity index (χ1v) is 20.6. The molecule has 0 fully saturated rings. The summed E-state index contributed by atoms with van der Waals surface area (Å²) in [5, 5.41) is 13.3. The Labute approximate surface area is 356 Å². The topological polar surface area (TPSA) is 82.6 Å². The van der Waals surface area contributed by atoms with Crippen LogP contribution >= 0.6 is 0 Å². The van der Waals surface area contributed by atoms with Gasteiger partial charge in [-0.05, 0) is 98.3 Å². The maximum absolute atomic E-state index is 11.1. The van der Waals surface area contributed by atoms with Crippen LogP contribution in [0.3, 0.4) is 0 Å². The van der Waals surface area contributed by atoms with Gasteiger partial charge in [0.05, 0.1) is 51.6 Å². The van der Waals surface area contributed by atoms with Crippen LogP contribution in [0, 0.1) is 17.9 Å². The molecule has 1 aliphatic rings. The number of aromatic nitrogens is 4. The summed E-state index contributed by atoms with van der Waals surface area (Å²) < 4.78 is 0. The molecule has 0 radical (unpaired) electrons. The van der Waals surface area contributed by atoms with E-state index < -0.39 is 0 Å². The lowest BCUT2D eigenvalue weighted by Crippen LogP contribution is -2.11. The summed E-state index contributed by atoms with van der Waals surface area (Å²) in [5.41, 5.74) is 15.1. The van der Waals surface area contributed by atoms with Gasteiger partial charge in [0.2, 0.25) is 5.69 Å². The number of aromatic amines is 1. The number of nitrogens with one attached hydrogen (secondary N) is 1. The molecule has 5 heterocycles. The highest BCUT2D eigenvalue weighted by Crippen LogP contribution is 2.47. The third-order valence-corrected chi connectivity index (χ3v) is 11.9.